The van der Waals surface area contributed by atoms with Crippen LogP contribution in [-0.4, -0.2) is 47.7 Å². The Hall–Kier alpha value is -3.32. The van der Waals surface area contributed by atoms with E-state index in [-0.39, 0.29) is 12.5 Å². The molecule has 0 aliphatic rings. The van der Waals surface area contributed by atoms with Crippen LogP contribution in [-0.2, 0) is 13.5 Å². The largest absolute Gasteiger partial charge is 0.497 e. The molecule has 1 unspecified atom stereocenters. The van der Waals surface area contributed by atoms with Crippen molar-refractivity contribution in [3.8, 4) is 22.8 Å². The van der Waals surface area contributed by atoms with E-state index in [2.05, 4.69) is 10.4 Å². The average molecular weight is 395 g/mol. The summed E-state index contributed by atoms with van der Waals surface area (Å²) in [5.41, 5.74) is 2.72. The van der Waals surface area contributed by atoms with Gasteiger partial charge >= 0.3 is 0 Å². The van der Waals surface area contributed by atoms with Crippen LogP contribution in [0.15, 0.2) is 54.6 Å². The Balaban J connectivity index is 1.71. The lowest BCUT2D eigenvalue weighted by Gasteiger charge is -2.12. The fraction of sp³-hybridized carbons (Fsp3) is 0.273. The Kier molecular flexibility index (Phi) is 6.51. The lowest BCUT2D eigenvalue weighted by atomic mass is 10.1. The highest BCUT2D eigenvalue weighted by Crippen LogP contribution is 2.32. The molecule has 0 saturated heterocycles. The van der Waals surface area contributed by atoms with Gasteiger partial charge in [0.25, 0.3) is 5.91 Å². The number of carbonyl (C=O) groups is 1. The summed E-state index contributed by atoms with van der Waals surface area (Å²) in [5.74, 6) is 0.996. The number of aliphatic hydroxyl groups is 1. The standard InChI is InChI=1S/C22H25N3O4/c1-25-20(22(27)23-14-16(26)11-15-7-5-4-6-8-15)13-19(24-25)18-12-17(28-2)9-10-21(18)29-3/h4-10,12-13,16,26H,11,14H2,1-3H3,(H,23,27). The maximum atomic E-state index is 12.6. The van der Waals surface area contributed by atoms with Gasteiger partial charge in [-0.3, -0.25) is 9.48 Å². The molecular weight excluding hydrogens is 370 g/mol. The summed E-state index contributed by atoms with van der Waals surface area (Å²) < 4.78 is 12.2. The van der Waals surface area contributed by atoms with Gasteiger partial charge in [-0.05, 0) is 29.8 Å². The van der Waals surface area contributed by atoms with Crippen LogP contribution in [0.1, 0.15) is 16.1 Å². The number of rotatable bonds is 8. The molecule has 1 heterocycles. The molecule has 1 amide bonds. The highest BCUT2D eigenvalue weighted by atomic mass is 16.5. The molecule has 1 atom stereocenters. The minimum Gasteiger partial charge on any atom is -0.497 e. The van der Waals surface area contributed by atoms with Crippen LogP contribution in [0.3, 0.4) is 0 Å². The molecule has 0 aliphatic heterocycles. The normalized spacial score (nSPS) is 11.7. The number of hydrogen-bond acceptors (Lipinski definition) is 5. The van der Waals surface area contributed by atoms with E-state index < -0.39 is 6.10 Å². The average Bonchev–Trinajstić information content (AvgIpc) is 3.13. The minimum absolute atomic E-state index is 0.150. The van der Waals surface area contributed by atoms with Crippen LogP contribution in [0.5, 0.6) is 11.5 Å². The van der Waals surface area contributed by atoms with E-state index in [1.165, 1.54) is 4.68 Å². The molecule has 7 nitrogen and oxygen atoms in total. The fourth-order valence-electron chi connectivity index (χ4n) is 3.09. The summed E-state index contributed by atoms with van der Waals surface area (Å²) in [6.45, 7) is 0.150. The number of carbonyl (C=O) groups excluding carboxylic acids is 1. The van der Waals surface area contributed by atoms with Gasteiger partial charge in [-0.2, -0.15) is 5.10 Å². The van der Waals surface area contributed by atoms with E-state index in [1.807, 2.05) is 36.4 Å². The van der Waals surface area contributed by atoms with Gasteiger partial charge in [0.2, 0.25) is 0 Å². The monoisotopic (exact) mass is 395 g/mol. The first-order valence-corrected chi connectivity index (χ1v) is 9.28. The number of methoxy groups -OCH3 is 2. The number of benzene rings is 2. The van der Waals surface area contributed by atoms with E-state index in [0.717, 1.165) is 11.1 Å². The van der Waals surface area contributed by atoms with Crippen molar-refractivity contribution in [1.82, 2.24) is 15.1 Å². The first-order valence-electron chi connectivity index (χ1n) is 9.28. The van der Waals surface area contributed by atoms with E-state index in [0.29, 0.717) is 29.3 Å². The topological polar surface area (TPSA) is 85.6 Å². The number of aromatic nitrogens is 2. The molecule has 29 heavy (non-hydrogen) atoms. The number of nitrogens with one attached hydrogen (secondary N) is 1. The minimum atomic E-state index is -0.674. The van der Waals surface area contributed by atoms with Crippen molar-refractivity contribution in [2.75, 3.05) is 20.8 Å². The van der Waals surface area contributed by atoms with E-state index >= 15 is 0 Å². The molecule has 152 valence electrons. The van der Waals surface area contributed by atoms with Crippen LogP contribution >= 0.6 is 0 Å². The van der Waals surface area contributed by atoms with Gasteiger partial charge in [-0.1, -0.05) is 30.3 Å². The van der Waals surface area contributed by atoms with Gasteiger partial charge in [0.15, 0.2) is 0 Å². The molecule has 3 rings (SSSR count). The lowest BCUT2D eigenvalue weighted by Crippen LogP contribution is -2.34. The zero-order chi connectivity index (χ0) is 20.8. The Morgan fingerprint density at radius 3 is 2.59 bits per heavy atom. The first-order chi connectivity index (χ1) is 14.0. The molecule has 0 fully saturated rings. The van der Waals surface area contributed by atoms with Crippen molar-refractivity contribution in [3.63, 3.8) is 0 Å². The number of hydrogen-bond donors (Lipinski definition) is 2. The zero-order valence-corrected chi connectivity index (χ0v) is 16.8. The Morgan fingerprint density at radius 2 is 1.90 bits per heavy atom. The van der Waals surface area contributed by atoms with Gasteiger partial charge in [-0.25, -0.2) is 0 Å². The number of aryl methyl sites for hydroxylation is 1. The van der Waals surface area contributed by atoms with Crippen molar-refractivity contribution in [1.29, 1.82) is 0 Å². The summed E-state index contributed by atoms with van der Waals surface area (Å²) >= 11 is 0. The van der Waals surface area contributed by atoms with Gasteiger partial charge in [0.05, 0.1) is 26.0 Å². The smallest absolute Gasteiger partial charge is 0.269 e. The van der Waals surface area contributed by atoms with Crippen molar-refractivity contribution >= 4 is 5.91 Å². The number of amides is 1. The summed E-state index contributed by atoms with van der Waals surface area (Å²) in [5, 5.41) is 17.4. The highest BCUT2D eigenvalue weighted by molar-refractivity contribution is 5.94. The Bertz CT molecular complexity index is 969. The molecule has 0 bridgehead atoms. The number of aliphatic hydroxyl groups excluding tert-OH is 1. The first kappa shape index (κ1) is 20.4. The number of nitrogens with zero attached hydrogens (tertiary/aromatic N) is 2. The quantitative estimate of drug-likeness (QED) is 0.612. The molecule has 3 aromatic rings. The molecule has 1 aromatic heterocycles. The summed E-state index contributed by atoms with van der Waals surface area (Å²) in [6, 6.07) is 16.8. The molecule has 2 aromatic carbocycles. The second-order valence-corrected chi connectivity index (χ2v) is 6.66. The van der Waals surface area contributed by atoms with Crippen LogP contribution < -0.4 is 14.8 Å². The third-order valence-electron chi connectivity index (χ3n) is 4.61. The second-order valence-electron chi connectivity index (χ2n) is 6.66. The molecule has 0 aliphatic carbocycles. The van der Waals surface area contributed by atoms with Crippen molar-refractivity contribution < 1.29 is 19.4 Å². The predicted molar refractivity (Wildman–Crippen MR) is 110 cm³/mol. The molecule has 7 heteroatoms. The SMILES string of the molecule is COc1ccc(OC)c(-c2cc(C(=O)NCC(O)Cc3ccccc3)n(C)n2)c1. The Morgan fingerprint density at radius 1 is 1.14 bits per heavy atom. The number of ether oxygens (including phenoxy) is 2. The molecular formula is C22H25N3O4. The lowest BCUT2D eigenvalue weighted by molar-refractivity contribution is 0.0906. The summed E-state index contributed by atoms with van der Waals surface area (Å²) in [4.78, 5) is 12.6. The maximum Gasteiger partial charge on any atom is 0.269 e. The zero-order valence-electron chi connectivity index (χ0n) is 16.8. The third kappa shape index (κ3) is 4.94. The maximum absolute atomic E-state index is 12.6. The van der Waals surface area contributed by atoms with E-state index in [1.54, 1.807) is 39.5 Å². The van der Waals surface area contributed by atoms with Crippen molar-refractivity contribution in [2.45, 2.75) is 12.5 Å². The van der Waals surface area contributed by atoms with Crippen LogP contribution in [0.4, 0.5) is 0 Å². The van der Waals surface area contributed by atoms with E-state index in [9.17, 15) is 9.90 Å². The van der Waals surface area contributed by atoms with Crippen molar-refractivity contribution in [3.05, 3.63) is 65.9 Å². The van der Waals surface area contributed by atoms with Crippen LogP contribution in [0.2, 0.25) is 0 Å². The second kappa shape index (κ2) is 9.25. The van der Waals surface area contributed by atoms with Gasteiger partial charge < -0.3 is 19.9 Å². The predicted octanol–water partition coefficient (Wildman–Crippen LogP) is 2.44. The van der Waals surface area contributed by atoms with Gasteiger partial charge in [0, 0.05) is 25.6 Å². The van der Waals surface area contributed by atoms with E-state index in [4.69, 9.17) is 9.47 Å². The summed E-state index contributed by atoms with van der Waals surface area (Å²) in [7, 11) is 4.87. The summed E-state index contributed by atoms with van der Waals surface area (Å²) in [6.07, 6.45) is -0.203. The fourth-order valence-corrected chi connectivity index (χ4v) is 3.09. The Labute approximate surface area is 169 Å². The van der Waals surface area contributed by atoms with Crippen LogP contribution in [0, 0.1) is 0 Å². The van der Waals surface area contributed by atoms with Gasteiger partial charge in [0.1, 0.15) is 17.2 Å². The third-order valence-corrected chi connectivity index (χ3v) is 4.61. The van der Waals surface area contributed by atoms with Crippen molar-refractivity contribution in [2.24, 2.45) is 7.05 Å². The van der Waals surface area contributed by atoms with Crippen LogP contribution in [0.25, 0.3) is 11.3 Å². The van der Waals surface area contributed by atoms with Gasteiger partial charge in [-0.15, -0.1) is 0 Å². The highest BCUT2D eigenvalue weighted by Gasteiger charge is 2.18. The molecule has 0 saturated carbocycles. The molecule has 2 N–H and O–H groups in total. The molecule has 0 spiro atoms. The molecule has 0 radical (unpaired) electrons.